The van der Waals surface area contributed by atoms with Gasteiger partial charge in [-0.05, 0) is 64.2 Å². The van der Waals surface area contributed by atoms with Gasteiger partial charge in [0.05, 0.1) is 40.3 Å². The van der Waals surface area contributed by atoms with Gasteiger partial charge in [0.2, 0.25) is 0 Å². The first-order valence-electron chi connectivity index (χ1n) is 23.2. The fourth-order valence-electron chi connectivity index (χ4n) is 6.68. The van der Waals surface area contributed by atoms with Crippen molar-refractivity contribution in [2.24, 2.45) is 0 Å². The molecule has 0 aliphatic heterocycles. The fourth-order valence-corrected chi connectivity index (χ4v) is 6.68. The number of carboxylic acids is 1. The zero-order valence-electron chi connectivity index (χ0n) is 37.5. The molecule has 0 spiro atoms. The summed E-state index contributed by atoms with van der Waals surface area (Å²) in [6.45, 7) is 4.44. The van der Waals surface area contributed by atoms with Gasteiger partial charge in [-0.1, -0.05) is 159 Å². The van der Waals surface area contributed by atoms with Gasteiger partial charge >= 0.3 is 11.9 Å². The standard InChI is InChI=1S/C49H87NO7/c1-6-8-10-12-14-16-18-20-21-22-23-24-25-26-27-28-30-32-34-36-38-40-48(52)57-45(43-55-42-41-46(49(53)54)50(3,4)5)44-56-47(51)39-37-35-33-31-29-19-17-15-13-11-9-7-2/h8-11,14-17,45-46H,6-7,12-13,18-44H2,1-5H3/b10-8+,11-9+,16-14+,17-15+. The van der Waals surface area contributed by atoms with Crippen LogP contribution < -0.4 is 5.11 Å². The van der Waals surface area contributed by atoms with Crippen LogP contribution in [0.15, 0.2) is 48.6 Å². The molecule has 8 heteroatoms. The highest BCUT2D eigenvalue weighted by molar-refractivity contribution is 5.70. The molecule has 0 aliphatic rings. The van der Waals surface area contributed by atoms with Crippen molar-refractivity contribution in [2.45, 2.75) is 206 Å². The first-order valence-corrected chi connectivity index (χ1v) is 23.2. The molecule has 0 amide bonds. The number of carbonyl (C=O) groups excluding carboxylic acids is 3. The Kier molecular flexibility index (Phi) is 38.2. The van der Waals surface area contributed by atoms with Crippen molar-refractivity contribution in [3.8, 4) is 0 Å². The van der Waals surface area contributed by atoms with E-state index in [4.69, 9.17) is 14.2 Å². The van der Waals surface area contributed by atoms with Crippen molar-refractivity contribution in [1.29, 1.82) is 0 Å². The van der Waals surface area contributed by atoms with Crippen LogP contribution in [0.25, 0.3) is 0 Å². The van der Waals surface area contributed by atoms with Crippen LogP contribution in [0.2, 0.25) is 0 Å². The SMILES string of the molecule is CC/C=C/C/C=C/CCCCCCCCCCCCCCCCC(=O)OC(COCCC(C(=O)[O-])[N+](C)(C)C)COC(=O)CCCCCCC/C=C/C/C=C/CC. The molecule has 57 heavy (non-hydrogen) atoms. The van der Waals surface area contributed by atoms with E-state index in [-0.39, 0.29) is 42.7 Å². The summed E-state index contributed by atoms with van der Waals surface area (Å²) in [6.07, 6.45) is 47.1. The molecule has 0 N–H and O–H groups in total. The minimum absolute atomic E-state index is 0.0364. The van der Waals surface area contributed by atoms with E-state index in [2.05, 4.69) is 62.5 Å². The summed E-state index contributed by atoms with van der Waals surface area (Å²) in [7, 11) is 5.40. The van der Waals surface area contributed by atoms with Crippen LogP contribution in [0.1, 0.15) is 194 Å². The Morgan fingerprint density at radius 2 is 0.930 bits per heavy atom. The van der Waals surface area contributed by atoms with Crippen LogP contribution in [-0.2, 0) is 28.6 Å². The Bertz CT molecular complexity index is 1070. The van der Waals surface area contributed by atoms with Gasteiger partial charge in [-0.3, -0.25) is 9.59 Å². The smallest absolute Gasteiger partial charge is 0.306 e. The fraction of sp³-hybridized carbons (Fsp3) is 0.776. The second kappa shape index (κ2) is 40.1. The van der Waals surface area contributed by atoms with Gasteiger partial charge in [0, 0.05) is 19.3 Å². The average molecular weight is 802 g/mol. The molecule has 0 saturated carbocycles. The van der Waals surface area contributed by atoms with E-state index in [0.717, 1.165) is 83.5 Å². The number of unbranched alkanes of at least 4 members (excludes halogenated alkanes) is 19. The molecular formula is C49H87NO7. The lowest BCUT2D eigenvalue weighted by Crippen LogP contribution is -2.55. The predicted molar refractivity (Wildman–Crippen MR) is 236 cm³/mol. The van der Waals surface area contributed by atoms with E-state index >= 15 is 0 Å². The maximum absolute atomic E-state index is 12.7. The number of likely N-dealkylation sites (N-methyl/N-ethyl adjacent to an activating group) is 1. The Morgan fingerprint density at radius 3 is 1.35 bits per heavy atom. The summed E-state index contributed by atoms with van der Waals surface area (Å²) in [5, 5.41) is 11.6. The van der Waals surface area contributed by atoms with Crippen LogP contribution in [0.3, 0.4) is 0 Å². The molecule has 0 aliphatic carbocycles. The highest BCUT2D eigenvalue weighted by atomic mass is 16.6. The summed E-state index contributed by atoms with van der Waals surface area (Å²) < 4.78 is 17.2. The van der Waals surface area contributed by atoms with Gasteiger partial charge in [-0.2, -0.15) is 0 Å². The lowest BCUT2D eigenvalue weighted by molar-refractivity contribution is -0.889. The normalized spacial score (nSPS) is 13.4. The molecule has 0 aromatic rings. The van der Waals surface area contributed by atoms with E-state index in [1.54, 1.807) is 21.1 Å². The number of hydrogen-bond donors (Lipinski definition) is 0. The Morgan fingerprint density at radius 1 is 0.526 bits per heavy atom. The van der Waals surface area contributed by atoms with Crippen molar-refractivity contribution < 1.29 is 38.2 Å². The molecule has 0 aromatic carbocycles. The van der Waals surface area contributed by atoms with Gasteiger partial charge in [0.1, 0.15) is 12.6 Å². The lowest BCUT2D eigenvalue weighted by Gasteiger charge is -2.34. The van der Waals surface area contributed by atoms with Crippen LogP contribution in [-0.4, -0.2) is 75.5 Å². The number of esters is 2. The molecule has 0 radical (unpaired) electrons. The molecule has 330 valence electrons. The minimum Gasteiger partial charge on any atom is -0.544 e. The number of allylic oxidation sites excluding steroid dienone is 8. The summed E-state index contributed by atoms with van der Waals surface area (Å²) in [6, 6.07) is -0.727. The van der Waals surface area contributed by atoms with Gasteiger partial charge < -0.3 is 28.6 Å². The Labute approximate surface area is 350 Å². The number of ether oxygens (including phenoxy) is 3. The summed E-state index contributed by atoms with van der Waals surface area (Å²) in [4.78, 5) is 36.9. The first kappa shape index (κ1) is 54.3. The number of aliphatic carboxylic acids is 1. The number of carboxylic acid groups (broad SMARTS) is 1. The minimum atomic E-state index is -1.13. The number of rotatable bonds is 41. The lowest BCUT2D eigenvalue weighted by atomic mass is 10.0. The van der Waals surface area contributed by atoms with Crippen LogP contribution in [0.5, 0.6) is 0 Å². The summed E-state index contributed by atoms with van der Waals surface area (Å²) >= 11 is 0. The third kappa shape index (κ3) is 38.6. The first-order chi connectivity index (χ1) is 27.6. The van der Waals surface area contributed by atoms with E-state index in [0.29, 0.717) is 12.8 Å². The molecule has 0 rings (SSSR count). The summed E-state index contributed by atoms with van der Waals surface area (Å²) in [5.74, 6) is -1.75. The molecule has 0 aromatic heterocycles. The highest BCUT2D eigenvalue weighted by Gasteiger charge is 2.25. The van der Waals surface area contributed by atoms with E-state index in [1.807, 2.05) is 0 Å². The molecule has 0 bridgehead atoms. The predicted octanol–water partition coefficient (Wildman–Crippen LogP) is 11.5. The van der Waals surface area contributed by atoms with Crippen molar-refractivity contribution in [1.82, 2.24) is 0 Å². The topological polar surface area (TPSA) is 102 Å². The molecule has 0 fully saturated rings. The maximum atomic E-state index is 12.7. The van der Waals surface area contributed by atoms with Crippen molar-refractivity contribution in [2.75, 3.05) is 41.0 Å². The number of quaternary nitrogens is 1. The highest BCUT2D eigenvalue weighted by Crippen LogP contribution is 2.15. The number of carbonyl (C=O) groups is 3. The molecule has 0 heterocycles. The van der Waals surface area contributed by atoms with Gasteiger partial charge in [-0.15, -0.1) is 0 Å². The van der Waals surface area contributed by atoms with Crippen LogP contribution in [0, 0.1) is 0 Å². The molecule has 8 nitrogen and oxygen atoms in total. The van der Waals surface area contributed by atoms with E-state index < -0.39 is 18.1 Å². The Hall–Kier alpha value is -2.71. The second-order valence-corrected chi connectivity index (χ2v) is 16.6. The third-order valence-electron chi connectivity index (χ3n) is 10.2. The quantitative estimate of drug-likeness (QED) is 0.0262. The van der Waals surface area contributed by atoms with Gasteiger partial charge in [0.15, 0.2) is 6.10 Å². The molecule has 2 atom stereocenters. The van der Waals surface area contributed by atoms with Crippen molar-refractivity contribution >= 4 is 17.9 Å². The third-order valence-corrected chi connectivity index (χ3v) is 10.2. The van der Waals surface area contributed by atoms with Crippen molar-refractivity contribution in [3.05, 3.63) is 48.6 Å². The molecule has 0 saturated heterocycles. The van der Waals surface area contributed by atoms with Gasteiger partial charge in [0.25, 0.3) is 0 Å². The second-order valence-electron chi connectivity index (χ2n) is 16.6. The zero-order valence-corrected chi connectivity index (χ0v) is 37.5. The zero-order chi connectivity index (χ0) is 42.1. The van der Waals surface area contributed by atoms with Crippen LogP contribution >= 0.6 is 0 Å². The van der Waals surface area contributed by atoms with E-state index in [1.165, 1.54) is 77.0 Å². The largest absolute Gasteiger partial charge is 0.544 e. The van der Waals surface area contributed by atoms with Gasteiger partial charge in [-0.25, -0.2) is 0 Å². The average Bonchev–Trinajstić information content (AvgIpc) is 3.17. The monoisotopic (exact) mass is 802 g/mol. The summed E-state index contributed by atoms with van der Waals surface area (Å²) in [5.41, 5.74) is 0. The Balaban J connectivity index is 4.24. The molecule has 2 unspecified atom stereocenters. The number of hydrogen-bond acceptors (Lipinski definition) is 7. The van der Waals surface area contributed by atoms with E-state index in [9.17, 15) is 19.5 Å². The number of nitrogens with zero attached hydrogens (tertiary/aromatic N) is 1. The van der Waals surface area contributed by atoms with Crippen molar-refractivity contribution in [3.63, 3.8) is 0 Å². The molecular weight excluding hydrogens is 715 g/mol. The van der Waals surface area contributed by atoms with Crippen LogP contribution in [0.4, 0.5) is 0 Å². The maximum Gasteiger partial charge on any atom is 0.306 e.